The zero-order chi connectivity index (χ0) is 27.2. The number of ether oxygens (including phenoxy) is 2. The molecule has 3 rings (SSSR count). The predicted octanol–water partition coefficient (Wildman–Crippen LogP) is 4.38. The Morgan fingerprint density at radius 2 is 1.68 bits per heavy atom. The maximum absolute atomic E-state index is 13.6. The Bertz CT molecular complexity index is 1360. The fourth-order valence-corrected chi connectivity index (χ4v) is 5.10. The van der Waals surface area contributed by atoms with Crippen molar-refractivity contribution in [2.24, 2.45) is 0 Å². The van der Waals surface area contributed by atoms with Crippen molar-refractivity contribution in [2.75, 3.05) is 24.6 Å². The number of hydrogen-bond acceptors (Lipinski definition) is 7. The summed E-state index contributed by atoms with van der Waals surface area (Å²) in [6, 6.07) is 16.6. The Labute approximate surface area is 216 Å². The van der Waals surface area contributed by atoms with Gasteiger partial charge in [-0.05, 0) is 68.8 Å². The van der Waals surface area contributed by atoms with E-state index in [0.29, 0.717) is 23.7 Å². The van der Waals surface area contributed by atoms with Gasteiger partial charge in [0.05, 0.1) is 35.3 Å². The number of nitro groups is 1. The molecule has 0 fully saturated rings. The molecule has 0 aliphatic rings. The van der Waals surface area contributed by atoms with Crippen molar-refractivity contribution >= 4 is 27.3 Å². The van der Waals surface area contributed by atoms with Gasteiger partial charge in [-0.15, -0.1) is 0 Å². The maximum atomic E-state index is 13.6. The first-order valence-electron chi connectivity index (χ1n) is 11.5. The van der Waals surface area contributed by atoms with Crippen LogP contribution in [0.3, 0.4) is 0 Å². The monoisotopic (exact) mass is 527 g/mol. The van der Waals surface area contributed by atoms with Crippen molar-refractivity contribution < 1.29 is 27.6 Å². The first kappa shape index (κ1) is 27.5. The minimum atomic E-state index is -4.34. The lowest BCUT2D eigenvalue weighted by atomic mass is 10.1. The number of nitro benzene ring substituents is 1. The molecule has 37 heavy (non-hydrogen) atoms. The molecule has 0 saturated carbocycles. The Morgan fingerprint density at radius 1 is 1.05 bits per heavy atom. The summed E-state index contributed by atoms with van der Waals surface area (Å²) in [6.45, 7) is 5.17. The molecule has 0 aromatic heterocycles. The number of sulfonamides is 1. The Morgan fingerprint density at radius 3 is 2.24 bits per heavy atom. The van der Waals surface area contributed by atoms with Crippen molar-refractivity contribution in [1.29, 1.82) is 0 Å². The summed E-state index contributed by atoms with van der Waals surface area (Å²) >= 11 is 0. The van der Waals surface area contributed by atoms with Crippen molar-refractivity contribution in [3.05, 3.63) is 88.0 Å². The lowest BCUT2D eigenvalue weighted by molar-refractivity contribution is -0.385. The zero-order valence-corrected chi connectivity index (χ0v) is 21.8. The highest BCUT2D eigenvalue weighted by Gasteiger charge is 2.29. The number of amides is 1. The molecule has 10 nitrogen and oxygen atoms in total. The third-order valence-electron chi connectivity index (χ3n) is 5.68. The molecule has 1 N–H and O–H groups in total. The maximum Gasteiger partial charge on any atom is 0.273 e. The second kappa shape index (κ2) is 11.7. The van der Waals surface area contributed by atoms with Gasteiger partial charge in [0.25, 0.3) is 15.7 Å². The lowest BCUT2D eigenvalue weighted by Gasteiger charge is -2.25. The topological polar surface area (TPSA) is 128 Å². The molecular formula is C26H29N3O7S. The third kappa shape index (κ3) is 6.56. The van der Waals surface area contributed by atoms with E-state index in [1.165, 1.54) is 38.3 Å². The van der Waals surface area contributed by atoms with Crippen LogP contribution in [0.25, 0.3) is 0 Å². The van der Waals surface area contributed by atoms with E-state index in [-0.39, 0.29) is 16.3 Å². The molecule has 1 amide bonds. The van der Waals surface area contributed by atoms with Gasteiger partial charge in [0.2, 0.25) is 5.91 Å². The number of methoxy groups -OCH3 is 1. The molecule has 0 heterocycles. The van der Waals surface area contributed by atoms with E-state index >= 15 is 0 Å². The van der Waals surface area contributed by atoms with E-state index in [4.69, 9.17) is 9.47 Å². The molecule has 11 heteroatoms. The van der Waals surface area contributed by atoms with Gasteiger partial charge in [-0.3, -0.25) is 19.2 Å². The number of anilines is 1. The van der Waals surface area contributed by atoms with Gasteiger partial charge < -0.3 is 14.8 Å². The largest absolute Gasteiger partial charge is 0.497 e. The average molecular weight is 528 g/mol. The van der Waals surface area contributed by atoms with Crippen LogP contribution in [0.15, 0.2) is 71.6 Å². The molecule has 0 aliphatic heterocycles. The van der Waals surface area contributed by atoms with E-state index < -0.39 is 33.4 Å². The van der Waals surface area contributed by atoms with Crippen molar-refractivity contribution in [3.8, 4) is 11.5 Å². The average Bonchev–Trinajstić information content (AvgIpc) is 2.88. The van der Waals surface area contributed by atoms with Crippen LogP contribution in [0.2, 0.25) is 0 Å². The van der Waals surface area contributed by atoms with Crippen LogP contribution in [0.4, 0.5) is 11.4 Å². The lowest BCUT2D eigenvalue weighted by Crippen LogP contribution is -2.41. The Hall–Kier alpha value is -4.12. The number of hydrogen-bond donors (Lipinski definition) is 1. The van der Waals surface area contributed by atoms with Crippen molar-refractivity contribution in [1.82, 2.24) is 5.32 Å². The van der Waals surface area contributed by atoms with Gasteiger partial charge in [0.1, 0.15) is 18.0 Å². The number of rotatable bonds is 11. The van der Waals surface area contributed by atoms with E-state index in [2.05, 4.69) is 5.32 Å². The SMILES string of the molecule is CCOc1ccc([C@H](C)NC(=O)CN(c2ccc(OC)cc2)S(=O)(=O)c2ccc(C)c([N+](=O)[O-])c2)cc1. The summed E-state index contributed by atoms with van der Waals surface area (Å²) < 4.78 is 38.8. The Balaban J connectivity index is 1.91. The number of carbonyl (C=O) groups excluding carboxylic acids is 1. The second-order valence-electron chi connectivity index (χ2n) is 8.21. The van der Waals surface area contributed by atoms with Crippen molar-refractivity contribution in [2.45, 2.75) is 31.7 Å². The molecule has 0 spiro atoms. The molecule has 0 saturated heterocycles. The number of nitrogens with zero attached hydrogens (tertiary/aromatic N) is 2. The van der Waals surface area contributed by atoms with Crippen LogP contribution in [0.5, 0.6) is 11.5 Å². The molecule has 196 valence electrons. The highest BCUT2D eigenvalue weighted by Crippen LogP contribution is 2.29. The standard InChI is InChI=1S/C26H29N3O7S/c1-5-36-23-11-7-20(8-12-23)19(3)27-26(30)17-28(21-9-13-22(35-4)14-10-21)37(33,34)24-15-6-18(2)25(16-24)29(31)32/h6-16,19H,5,17H2,1-4H3,(H,27,30)/t19-/m0/s1. The molecule has 0 aliphatic carbocycles. The number of carbonyl (C=O) groups is 1. The number of aryl methyl sites for hydroxylation is 1. The summed E-state index contributed by atoms with van der Waals surface area (Å²) in [7, 11) is -2.87. The summed E-state index contributed by atoms with van der Waals surface area (Å²) in [4.78, 5) is 23.5. The van der Waals surface area contributed by atoms with Gasteiger partial charge in [-0.25, -0.2) is 8.42 Å². The van der Waals surface area contributed by atoms with Gasteiger partial charge >= 0.3 is 0 Å². The predicted molar refractivity (Wildman–Crippen MR) is 140 cm³/mol. The second-order valence-corrected chi connectivity index (χ2v) is 10.1. The van der Waals surface area contributed by atoms with E-state index in [1.54, 1.807) is 31.2 Å². The van der Waals surface area contributed by atoms with Gasteiger partial charge in [-0.2, -0.15) is 0 Å². The first-order valence-corrected chi connectivity index (χ1v) is 12.9. The van der Waals surface area contributed by atoms with E-state index in [1.807, 2.05) is 19.1 Å². The van der Waals surface area contributed by atoms with Crippen LogP contribution in [-0.2, 0) is 14.8 Å². The van der Waals surface area contributed by atoms with Crippen molar-refractivity contribution in [3.63, 3.8) is 0 Å². The number of nitrogens with one attached hydrogen (secondary N) is 1. The van der Waals surface area contributed by atoms with E-state index in [0.717, 1.165) is 15.9 Å². The normalized spacial score (nSPS) is 11.9. The van der Waals surface area contributed by atoms with Crippen LogP contribution < -0.4 is 19.1 Å². The smallest absolute Gasteiger partial charge is 0.273 e. The zero-order valence-electron chi connectivity index (χ0n) is 21.0. The highest BCUT2D eigenvalue weighted by atomic mass is 32.2. The minimum absolute atomic E-state index is 0.202. The van der Waals surface area contributed by atoms with Gasteiger partial charge in [-0.1, -0.05) is 18.2 Å². The highest BCUT2D eigenvalue weighted by molar-refractivity contribution is 7.92. The minimum Gasteiger partial charge on any atom is -0.497 e. The Kier molecular flexibility index (Phi) is 8.72. The van der Waals surface area contributed by atoms with Crippen LogP contribution in [-0.4, -0.2) is 39.5 Å². The molecule has 1 atom stereocenters. The number of benzene rings is 3. The molecule has 0 unspecified atom stereocenters. The summed E-state index contributed by atoms with van der Waals surface area (Å²) in [5.41, 5.74) is 1.00. The summed E-state index contributed by atoms with van der Waals surface area (Å²) in [5, 5.41) is 14.2. The molecule has 3 aromatic carbocycles. The molecule has 3 aromatic rings. The third-order valence-corrected chi connectivity index (χ3v) is 7.45. The molecule has 0 radical (unpaired) electrons. The van der Waals surface area contributed by atoms with E-state index in [9.17, 15) is 23.3 Å². The fraction of sp³-hybridized carbons (Fsp3) is 0.269. The molecule has 0 bridgehead atoms. The summed E-state index contributed by atoms with van der Waals surface area (Å²) in [6.07, 6.45) is 0. The van der Waals surface area contributed by atoms with Gasteiger partial charge in [0, 0.05) is 11.6 Å². The van der Waals surface area contributed by atoms with Gasteiger partial charge in [0.15, 0.2) is 0 Å². The van der Waals surface area contributed by atoms with Crippen LogP contribution >= 0.6 is 0 Å². The quantitative estimate of drug-likeness (QED) is 0.289. The fourth-order valence-electron chi connectivity index (χ4n) is 3.66. The summed E-state index contributed by atoms with van der Waals surface area (Å²) in [5.74, 6) is 0.650. The van der Waals surface area contributed by atoms with Crippen LogP contribution in [0, 0.1) is 17.0 Å². The molecular weight excluding hydrogens is 498 g/mol. The van der Waals surface area contributed by atoms with Crippen LogP contribution in [0.1, 0.15) is 31.0 Å². The first-order chi connectivity index (χ1) is 17.6.